The number of rotatable bonds is 7. The van der Waals surface area contributed by atoms with Crippen molar-refractivity contribution in [2.24, 2.45) is 17.8 Å². The van der Waals surface area contributed by atoms with Crippen LogP contribution in [0.1, 0.15) is 53.4 Å². The lowest BCUT2D eigenvalue weighted by atomic mass is 9.78. The highest BCUT2D eigenvalue weighted by Crippen LogP contribution is 2.29. The van der Waals surface area contributed by atoms with Crippen LogP contribution in [-0.4, -0.2) is 6.21 Å². The predicted molar refractivity (Wildman–Crippen MR) is 60.4 cm³/mol. The van der Waals surface area contributed by atoms with Crippen molar-refractivity contribution in [1.82, 2.24) is 0 Å². The Hall–Kier alpha value is -0.330. The summed E-state index contributed by atoms with van der Waals surface area (Å²) in [7, 11) is 0. The van der Waals surface area contributed by atoms with Crippen LogP contribution in [0.3, 0.4) is 0 Å². The molecule has 1 N–H and O–H groups in total. The maximum Gasteiger partial charge on any atom is -0.00450 e. The normalized spacial score (nSPS) is 17.8. The maximum atomic E-state index is 7.13. The van der Waals surface area contributed by atoms with Crippen molar-refractivity contribution in [1.29, 1.82) is 5.41 Å². The Bertz CT molecular complexity index is 131. The van der Waals surface area contributed by atoms with E-state index in [0.29, 0.717) is 5.92 Å². The Balaban J connectivity index is 4.12. The quantitative estimate of drug-likeness (QED) is 0.574. The summed E-state index contributed by atoms with van der Waals surface area (Å²) in [6.07, 6.45) is 6.39. The Morgan fingerprint density at radius 3 is 2.15 bits per heavy atom. The molecule has 0 fully saturated rings. The maximum absolute atomic E-state index is 7.13. The monoisotopic (exact) mass is 183 g/mol. The first kappa shape index (κ1) is 12.7. The number of hydrogen-bond acceptors (Lipinski definition) is 1. The molecular weight excluding hydrogens is 158 g/mol. The van der Waals surface area contributed by atoms with E-state index in [0.717, 1.165) is 18.3 Å². The molecule has 0 aromatic carbocycles. The lowest BCUT2D eigenvalue weighted by Crippen LogP contribution is -2.19. The van der Waals surface area contributed by atoms with Gasteiger partial charge in [0.2, 0.25) is 0 Å². The van der Waals surface area contributed by atoms with E-state index >= 15 is 0 Å². The van der Waals surface area contributed by atoms with Crippen molar-refractivity contribution in [2.45, 2.75) is 53.4 Å². The highest BCUT2D eigenvalue weighted by Gasteiger charge is 2.20. The third kappa shape index (κ3) is 4.44. The molecular formula is C12H25N. The molecule has 0 radical (unpaired) electrons. The van der Waals surface area contributed by atoms with E-state index in [-0.39, 0.29) is 0 Å². The fraction of sp³-hybridized carbons (Fsp3) is 0.917. The fourth-order valence-electron chi connectivity index (χ4n) is 2.13. The molecule has 0 bridgehead atoms. The average molecular weight is 183 g/mol. The van der Waals surface area contributed by atoms with Crippen LogP contribution in [0.5, 0.6) is 0 Å². The van der Waals surface area contributed by atoms with Crippen LogP contribution >= 0.6 is 0 Å². The molecule has 0 aliphatic carbocycles. The molecule has 0 aliphatic heterocycles. The molecule has 1 heteroatoms. The molecule has 0 saturated heterocycles. The third-order valence-corrected chi connectivity index (χ3v) is 3.22. The van der Waals surface area contributed by atoms with Crippen molar-refractivity contribution in [3.05, 3.63) is 0 Å². The summed E-state index contributed by atoms with van der Waals surface area (Å²) in [6, 6.07) is 0. The van der Waals surface area contributed by atoms with Gasteiger partial charge >= 0.3 is 0 Å². The van der Waals surface area contributed by atoms with Gasteiger partial charge in [-0.3, -0.25) is 0 Å². The molecule has 0 heterocycles. The van der Waals surface area contributed by atoms with Crippen LogP contribution in [0.2, 0.25) is 0 Å². The van der Waals surface area contributed by atoms with Gasteiger partial charge in [-0.1, -0.05) is 47.0 Å². The summed E-state index contributed by atoms with van der Waals surface area (Å²) in [4.78, 5) is 0. The fourth-order valence-corrected chi connectivity index (χ4v) is 2.13. The summed E-state index contributed by atoms with van der Waals surface area (Å²) in [5.41, 5.74) is 0. The molecule has 13 heavy (non-hydrogen) atoms. The zero-order chi connectivity index (χ0) is 10.3. The predicted octanol–water partition coefficient (Wildman–Crippen LogP) is 4.12. The summed E-state index contributed by atoms with van der Waals surface area (Å²) in [5, 5.41) is 7.13. The first-order valence-corrected chi connectivity index (χ1v) is 5.66. The first-order chi connectivity index (χ1) is 6.17. The second-order valence-corrected chi connectivity index (χ2v) is 4.26. The molecule has 0 aromatic heterocycles. The Kier molecular flexibility index (Phi) is 6.93. The van der Waals surface area contributed by atoms with Gasteiger partial charge in [-0.15, -0.1) is 0 Å². The third-order valence-electron chi connectivity index (χ3n) is 3.22. The number of hydrogen-bond donors (Lipinski definition) is 1. The van der Waals surface area contributed by atoms with Crippen LogP contribution < -0.4 is 0 Å². The molecule has 0 amide bonds. The molecule has 3 atom stereocenters. The SMILES string of the molecule is CCCC(C(C)CC)[C@H](C)CC=N. The molecule has 0 rings (SSSR count). The van der Waals surface area contributed by atoms with E-state index in [2.05, 4.69) is 27.7 Å². The molecule has 1 nitrogen and oxygen atoms in total. The Labute approximate surface area is 83.4 Å². The summed E-state index contributed by atoms with van der Waals surface area (Å²) >= 11 is 0. The Morgan fingerprint density at radius 2 is 1.77 bits per heavy atom. The highest BCUT2D eigenvalue weighted by molar-refractivity contribution is 5.53. The van der Waals surface area contributed by atoms with Gasteiger partial charge in [0, 0.05) is 0 Å². The Morgan fingerprint density at radius 1 is 1.15 bits per heavy atom. The minimum absolute atomic E-state index is 0.687. The van der Waals surface area contributed by atoms with Gasteiger partial charge < -0.3 is 5.41 Å². The van der Waals surface area contributed by atoms with Gasteiger partial charge in [0.05, 0.1) is 0 Å². The number of nitrogens with one attached hydrogen (secondary N) is 1. The smallest absolute Gasteiger partial charge is 0.00450 e. The van der Waals surface area contributed by atoms with Crippen LogP contribution in [0.25, 0.3) is 0 Å². The van der Waals surface area contributed by atoms with Gasteiger partial charge in [-0.2, -0.15) is 0 Å². The lowest BCUT2D eigenvalue weighted by molar-refractivity contribution is 0.237. The van der Waals surface area contributed by atoms with E-state index < -0.39 is 0 Å². The molecule has 78 valence electrons. The average Bonchev–Trinajstić information content (AvgIpc) is 2.13. The second-order valence-electron chi connectivity index (χ2n) is 4.26. The van der Waals surface area contributed by atoms with Gasteiger partial charge in [0.25, 0.3) is 0 Å². The van der Waals surface area contributed by atoms with Crippen molar-refractivity contribution >= 4 is 6.21 Å². The van der Waals surface area contributed by atoms with E-state index in [1.165, 1.54) is 19.3 Å². The van der Waals surface area contributed by atoms with Crippen molar-refractivity contribution in [3.8, 4) is 0 Å². The summed E-state index contributed by atoms with van der Waals surface area (Å²) < 4.78 is 0. The van der Waals surface area contributed by atoms with Crippen molar-refractivity contribution in [3.63, 3.8) is 0 Å². The van der Waals surface area contributed by atoms with Crippen LogP contribution in [-0.2, 0) is 0 Å². The van der Waals surface area contributed by atoms with E-state index in [1.54, 1.807) is 6.21 Å². The molecule has 0 aliphatic rings. The summed E-state index contributed by atoms with van der Waals surface area (Å²) in [5.74, 6) is 2.32. The largest absolute Gasteiger partial charge is 0.313 e. The molecule has 2 unspecified atom stereocenters. The molecule has 0 aromatic rings. The first-order valence-electron chi connectivity index (χ1n) is 5.66. The second kappa shape index (κ2) is 7.11. The van der Waals surface area contributed by atoms with Crippen molar-refractivity contribution < 1.29 is 0 Å². The van der Waals surface area contributed by atoms with Gasteiger partial charge in [0.1, 0.15) is 0 Å². The van der Waals surface area contributed by atoms with Gasteiger partial charge in [-0.05, 0) is 30.4 Å². The van der Waals surface area contributed by atoms with Crippen LogP contribution in [0.15, 0.2) is 0 Å². The van der Waals surface area contributed by atoms with Crippen LogP contribution in [0.4, 0.5) is 0 Å². The molecule has 0 saturated carbocycles. The molecule has 0 spiro atoms. The topological polar surface area (TPSA) is 23.9 Å². The van der Waals surface area contributed by atoms with Crippen LogP contribution in [0, 0.1) is 23.2 Å². The minimum atomic E-state index is 0.687. The van der Waals surface area contributed by atoms with E-state index in [9.17, 15) is 0 Å². The zero-order valence-electron chi connectivity index (χ0n) is 9.64. The zero-order valence-corrected chi connectivity index (χ0v) is 9.64. The van der Waals surface area contributed by atoms with Gasteiger partial charge in [-0.25, -0.2) is 0 Å². The van der Waals surface area contributed by atoms with Crippen molar-refractivity contribution in [2.75, 3.05) is 0 Å². The van der Waals surface area contributed by atoms with E-state index in [1.807, 2.05) is 0 Å². The summed E-state index contributed by atoms with van der Waals surface area (Å²) in [6.45, 7) is 9.16. The standard InChI is InChI=1S/C12H25N/c1-5-7-12(10(3)6-2)11(4)8-9-13/h9-13H,5-8H2,1-4H3/t10?,11-,12?/m1/s1. The van der Waals surface area contributed by atoms with Gasteiger partial charge in [0.15, 0.2) is 0 Å². The van der Waals surface area contributed by atoms with E-state index in [4.69, 9.17) is 5.41 Å². The lowest BCUT2D eigenvalue weighted by Gasteiger charge is -2.28. The highest BCUT2D eigenvalue weighted by atomic mass is 14.3. The minimum Gasteiger partial charge on any atom is -0.313 e.